The molecule has 0 saturated carbocycles. The van der Waals surface area contributed by atoms with Gasteiger partial charge in [-0.15, -0.1) is 10.2 Å². The van der Waals surface area contributed by atoms with E-state index in [2.05, 4.69) is 15.2 Å². The Morgan fingerprint density at radius 2 is 2.00 bits per heavy atom. The average Bonchev–Trinajstić information content (AvgIpc) is 3.19. The van der Waals surface area contributed by atoms with E-state index >= 15 is 0 Å². The van der Waals surface area contributed by atoms with Crippen LogP contribution in [0.1, 0.15) is 5.76 Å². The van der Waals surface area contributed by atoms with Gasteiger partial charge in [0.15, 0.2) is 0 Å². The number of aromatic nitrogens is 4. The first-order valence-corrected chi connectivity index (χ1v) is 9.11. The van der Waals surface area contributed by atoms with Crippen molar-refractivity contribution in [1.82, 2.24) is 24.9 Å². The summed E-state index contributed by atoms with van der Waals surface area (Å²) in [5, 5.41) is 15.1. The molecule has 0 spiro atoms. The first kappa shape index (κ1) is 15.0. The van der Waals surface area contributed by atoms with Crippen LogP contribution >= 0.6 is 11.3 Å². The number of rotatable bonds is 3. The molecule has 1 aromatic carbocycles. The van der Waals surface area contributed by atoms with Crippen molar-refractivity contribution in [2.75, 3.05) is 0 Å². The van der Waals surface area contributed by atoms with E-state index < -0.39 is 10.0 Å². The summed E-state index contributed by atoms with van der Waals surface area (Å²) >= 11 is 0.844. The minimum absolute atomic E-state index is 0.290. The summed E-state index contributed by atoms with van der Waals surface area (Å²) < 4.78 is 28.9. The van der Waals surface area contributed by atoms with Crippen LogP contribution in [0, 0.1) is 6.92 Å². The zero-order chi connectivity index (χ0) is 16.9. The molecule has 4 rings (SSSR count). The van der Waals surface area contributed by atoms with Crippen LogP contribution in [0.4, 0.5) is 0 Å². The number of aryl methyl sites for hydroxylation is 1. The fourth-order valence-electron chi connectivity index (χ4n) is 2.38. The predicted molar refractivity (Wildman–Crippen MR) is 86.8 cm³/mol. The van der Waals surface area contributed by atoms with Crippen LogP contribution < -0.4 is 5.14 Å². The predicted octanol–water partition coefficient (Wildman–Crippen LogP) is 2.39. The van der Waals surface area contributed by atoms with E-state index in [4.69, 9.17) is 9.66 Å². The summed E-state index contributed by atoms with van der Waals surface area (Å²) in [5.74, 6) is 0.605. The molecule has 1 radical (unpaired) electrons. The normalized spacial score (nSPS) is 12.1. The highest BCUT2D eigenvalue weighted by atomic mass is 32.2. The maximum atomic E-state index is 11.3. The van der Waals surface area contributed by atoms with Gasteiger partial charge in [0.25, 0.3) is 10.0 Å². The molecule has 24 heavy (non-hydrogen) atoms. The third-order valence-corrected chi connectivity index (χ3v) is 5.59. The number of fused-ring (bicyclic) bond motifs is 1. The Labute approximate surface area is 140 Å². The van der Waals surface area contributed by atoms with Crippen molar-refractivity contribution < 1.29 is 12.9 Å². The molecule has 0 aliphatic heterocycles. The lowest BCUT2D eigenvalue weighted by atomic mass is 10.0. The van der Waals surface area contributed by atoms with E-state index in [1.54, 1.807) is 13.1 Å². The lowest BCUT2D eigenvalue weighted by molar-refractivity contribution is 0.400. The van der Waals surface area contributed by atoms with Gasteiger partial charge in [-0.25, -0.2) is 17.9 Å². The number of nitrogens with one attached hydrogen (secondary N) is 1. The van der Waals surface area contributed by atoms with Gasteiger partial charge < -0.3 is 4.52 Å². The molecule has 0 aliphatic carbocycles. The molecule has 4 aromatic rings. The largest absolute Gasteiger partial charge is 0.360 e. The lowest BCUT2D eigenvalue weighted by Gasteiger charge is -1.99. The molecule has 0 fully saturated rings. The van der Waals surface area contributed by atoms with E-state index in [9.17, 15) is 8.42 Å². The summed E-state index contributed by atoms with van der Waals surface area (Å²) in [4.78, 5) is 4.79. The minimum Gasteiger partial charge on any atom is -0.360 e. The van der Waals surface area contributed by atoms with E-state index in [-0.39, 0.29) is 4.34 Å². The molecule has 3 heterocycles. The number of sulfonamides is 1. The van der Waals surface area contributed by atoms with Gasteiger partial charge in [-0.2, -0.15) is 0 Å². The van der Waals surface area contributed by atoms with Crippen molar-refractivity contribution in [2.24, 2.45) is 0 Å². The molecule has 0 amide bonds. The Bertz CT molecular complexity index is 1110. The minimum atomic E-state index is -4.09. The zero-order valence-electron chi connectivity index (χ0n) is 12.3. The molecule has 3 aromatic heterocycles. The number of hydrogen-bond donors (Lipinski definition) is 0. The fourth-order valence-corrected chi connectivity index (χ4v) is 3.85. The van der Waals surface area contributed by atoms with Crippen molar-refractivity contribution in [3.8, 4) is 22.5 Å². The maximum absolute atomic E-state index is 11.3. The van der Waals surface area contributed by atoms with Gasteiger partial charge in [-0.1, -0.05) is 46.8 Å². The van der Waals surface area contributed by atoms with E-state index in [1.807, 2.05) is 30.3 Å². The molecule has 8 nitrogen and oxygen atoms in total. The van der Waals surface area contributed by atoms with Crippen molar-refractivity contribution in [1.29, 1.82) is 0 Å². The van der Waals surface area contributed by atoms with Crippen molar-refractivity contribution >= 4 is 26.3 Å². The Balaban J connectivity index is 1.87. The fraction of sp³-hybridized carbons (Fsp3) is 0.0714. The molecule has 121 valence electrons. The smallest absolute Gasteiger partial charge is 0.283 e. The summed E-state index contributed by atoms with van der Waals surface area (Å²) in [5.41, 5.74) is 2.87. The summed E-state index contributed by atoms with van der Waals surface area (Å²) in [7, 11) is -4.09. The molecule has 1 N–H and O–H groups in total. The second-order valence-corrected chi connectivity index (χ2v) is 7.66. The second-order valence-electron chi connectivity index (χ2n) is 5.05. The van der Waals surface area contributed by atoms with Crippen LogP contribution in [0.5, 0.6) is 0 Å². The first-order chi connectivity index (χ1) is 11.4. The third-order valence-electron chi connectivity index (χ3n) is 3.42. The van der Waals surface area contributed by atoms with Gasteiger partial charge in [-0.3, -0.25) is 0 Å². The Morgan fingerprint density at radius 3 is 2.67 bits per heavy atom. The van der Waals surface area contributed by atoms with E-state index in [0.29, 0.717) is 22.1 Å². The Kier molecular flexibility index (Phi) is 3.27. The van der Waals surface area contributed by atoms with Crippen LogP contribution in [0.3, 0.4) is 0 Å². The third kappa shape index (κ3) is 2.40. The number of hydrogen-bond acceptors (Lipinski definition) is 7. The molecule has 0 saturated heterocycles. The van der Waals surface area contributed by atoms with E-state index in [1.165, 1.54) is 4.52 Å². The SMILES string of the molecule is Cc1onc(-c2ccccc2)c1-c1cn2nc(S([NH])(=O)=O)sc2n1. The summed E-state index contributed by atoms with van der Waals surface area (Å²) in [6, 6.07) is 9.56. The second kappa shape index (κ2) is 5.23. The highest BCUT2D eigenvalue weighted by Crippen LogP contribution is 2.34. The summed E-state index contributed by atoms with van der Waals surface area (Å²) in [6.07, 6.45) is 1.60. The molecular formula is C14H10N5O3S2. The standard InChI is InChI=1S/C14H10N5O3S2/c1-8-11(12(18-22-8)9-5-3-2-4-6-9)10-7-19-13(16-10)23-14(17-19)24(15,20)21/h2-7,15H,1H3. The van der Waals surface area contributed by atoms with Crippen LogP contribution in [0.25, 0.3) is 27.5 Å². The molecule has 0 bridgehead atoms. The van der Waals surface area contributed by atoms with Crippen LogP contribution in [-0.2, 0) is 10.0 Å². The Morgan fingerprint density at radius 1 is 1.25 bits per heavy atom. The molecular weight excluding hydrogens is 350 g/mol. The maximum Gasteiger partial charge on any atom is 0.283 e. The summed E-state index contributed by atoms with van der Waals surface area (Å²) in [6.45, 7) is 1.79. The highest BCUT2D eigenvalue weighted by Gasteiger charge is 2.22. The van der Waals surface area contributed by atoms with Gasteiger partial charge in [0.2, 0.25) is 9.30 Å². The quantitative estimate of drug-likeness (QED) is 0.554. The zero-order valence-corrected chi connectivity index (χ0v) is 13.9. The highest BCUT2D eigenvalue weighted by molar-refractivity contribution is 7.90. The topological polar surface area (TPSA) is 114 Å². The number of nitrogens with zero attached hydrogens (tertiary/aromatic N) is 4. The van der Waals surface area contributed by atoms with Gasteiger partial charge in [0, 0.05) is 5.56 Å². The van der Waals surface area contributed by atoms with Gasteiger partial charge >= 0.3 is 0 Å². The van der Waals surface area contributed by atoms with Gasteiger partial charge in [0.05, 0.1) is 17.5 Å². The van der Waals surface area contributed by atoms with Crippen LogP contribution in [0.15, 0.2) is 45.4 Å². The average molecular weight is 360 g/mol. The van der Waals surface area contributed by atoms with Crippen molar-refractivity contribution in [3.63, 3.8) is 0 Å². The van der Waals surface area contributed by atoms with E-state index in [0.717, 1.165) is 22.5 Å². The molecule has 0 unspecified atom stereocenters. The van der Waals surface area contributed by atoms with Gasteiger partial charge in [-0.05, 0) is 6.92 Å². The molecule has 0 atom stereocenters. The van der Waals surface area contributed by atoms with Crippen molar-refractivity contribution in [3.05, 3.63) is 42.3 Å². The number of imidazole rings is 1. The molecule has 0 aliphatic rings. The monoisotopic (exact) mass is 360 g/mol. The molecule has 10 heteroatoms. The van der Waals surface area contributed by atoms with Crippen LogP contribution in [0.2, 0.25) is 0 Å². The first-order valence-electron chi connectivity index (χ1n) is 6.81. The van der Waals surface area contributed by atoms with Crippen molar-refractivity contribution in [2.45, 2.75) is 11.3 Å². The van der Waals surface area contributed by atoms with Gasteiger partial charge in [0.1, 0.15) is 11.5 Å². The number of benzene rings is 1. The van der Waals surface area contributed by atoms with Crippen LogP contribution in [-0.4, -0.2) is 28.2 Å². The Hall–Kier alpha value is -2.56. The lowest BCUT2D eigenvalue weighted by Crippen LogP contribution is -2.00.